The Bertz CT molecular complexity index is 591. The van der Waals surface area contributed by atoms with Crippen molar-refractivity contribution < 1.29 is 18.0 Å². The third-order valence-electron chi connectivity index (χ3n) is 2.73. The summed E-state index contributed by atoms with van der Waals surface area (Å²) in [6.07, 6.45) is 0. The SMILES string of the molecule is NC(=O)C(F)(F)c1ccc(-c2ccc(F)cc2)cc1. The van der Waals surface area contributed by atoms with Crippen molar-refractivity contribution in [1.29, 1.82) is 0 Å². The maximum atomic E-state index is 13.3. The lowest BCUT2D eigenvalue weighted by Gasteiger charge is -2.12. The standard InChI is InChI=1S/C14H10F3NO/c15-12-7-3-10(4-8-12)9-1-5-11(6-2-9)14(16,17)13(18)19/h1-8H,(H2,18,19). The first-order valence-electron chi connectivity index (χ1n) is 5.45. The summed E-state index contributed by atoms with van der Waals surface area (Å²) in [4.78, 5) is 10.6. The van der Waals surface area contributed by atoms with Gasteiger partial charge in [-0.25, -0.2) is 4.39 Å². The summed E-state index contributed by atoms with van der Waals surface area (Å²) in [7, 11) is 0. The first-order valence-corrected chi connectivity index (χ1v) is 5.45. The largest absolute Gasteiger partial charge is 0.364 e. The predicted molar refractivity (Wildman–Crippen MR) is 64.9 cm³/mol. The normalized spacial score (nSPS) is 11.3. The van der Waals surface area contributed by atoms with Crippen LogP contribution in [0.4, 0.5) is 13.2 Å². The van der Waals surface area contributed by atoms with E-state index in [0.29, 0.717) is 11.1 Å². The summed E-state index contributed by atoms with van der Waals surface area (Å²) in [5.74, 6) is -5.76. The van der Waals surface area contributed by atoms with Crippen molar-refractivity contribution in [2.24, 2.45) is 5.73 Å². The number of hydrogen-bond acceptors (Lipinski definition) is 1. The van der Waals surface area contributed by atoms with Gasteiger partial charge < -0.3 is 5.73 Å². The lowest BCUT2D eigenvalue weighted by atomic mass is 10.0. The van der Waals surface area contributed by atoms with Gasteiger partial charge in [-0.15, -0.1) is 0 Å². The summed E-state index contributed by atoms with van der Waals surface area (Å²) in [5.41, 5.74) is 5.50. The zero-order chi connectivity index (χ0) is 14.0. The highest BCUT2D eigenvalue weighted by atomic mass is 19.3. The van der Waals surface area contributed by atoms with Gasteiger partial charge in [-0.2, -0.15) is 8.78 Å². The molecule has 2 aromatic carbocycles. The molecule has 1 amide bonds. The van der Waals surface area contributed by atoms with Crippen LogP contribution in [0.25, 0.3) is 11.1 Å². The molecule has 0 aliphatic heterocycles. The molecule has 0 aliphatic rings. The summed E-state index contributed by atoms with van der Waals surface area (Å²) in [6, 6.07) is 10.8. The molecule has 0 radical (unpaired) electrons. The molecule has 0 saturated heterocycles. The lowest BCUT2D eigenvalue weighted by molar-refractivity contribution is -0.143. The van der Waals surface area contributed by atoms with Gasteiger partial charge in [-0.05, 0) is 23.3 Å². The number of nitrogens with two attached hydrogens (primary N) is 1. The van der Waals surface area contributed by atoms with E-state index in [9.17, 15) is 18.0 Å². The highest BCUT2D eigenvalue weighted by molar-refractivity contribution is 5.83. The second-order valence-electron chi connectivity index (χ2n) is 4.02. The molecule has 2 nitrogen and oxygen atoms in total. The Labute approximate surface area is 107 Å². The monoisotopic (exact) mass is 265 g/mol. The van der Waals surface area contributed by atoms with Crippen molar-refractivity contribution in [3.8, 4) is 11.1 Å². The molecule has 0 bridgehead atoms. The van der Waals surface area contributed by atoms with Gasteiger partial charge in [0.15, 0.2) is 0 Å². The minimum absolute atomic E-state index is 0.374. The van der Waals surface area contributed by atoms with E-state index in [1.165, 1.54) is 36.4 Å². The third kappa shape index (κ3) is 2.59. The Hall–Kier alpha value is -2.30. The van der Waals surface area contributed by atoms with E-state index in [1.807, 2.05) is 0 Å². The summed E-state index contributed by atoms with van der Waals surface area (Å²) in [5, 5.41) is 0. The fourth-order valence-corrected chi connectivity index (χ4v) is 1.66. The lowest BCUT2D eigenvalue weighted by Crippen LogP contribution is -2.32. The molecule has 0 heterocycles. The van der Waals surface area contributed by atoms with E-state index in [2.05, 4.69) is 5.73 Å². The number of halogens is 3. The maximum Gasteiger partial charge on any atom is 0.349 e. The molecule has 2 aromatic rings. The zero-order valence-corrected chi connectivity index (χ0v) is 9.74. The number of amides is 1. The molecule has 5 heteroatoms. The van der Waals surface area contributed by atoms with Crippen LogP contribution in [0.1, 0.15) is 5.56 Å². The molecule has 0 aromatic heterocycles. The third-order valence-corrected chi connectivity index (χ3v) is 2.73. The van der Waals surface area contributed by atoms with Crippen LogP contribution < -0.4 is 5.73 Å². The average molecular weight is 265 g/mol. The van der Waals surface area contributed by atoms with E-state index in [0.717, 1.165) is 12.1 Å². The molecule has 2 N–H and O–H groups in total. The van der Waals surface area contributed by atoms with E-state index in [-0.39, 0.29) is 5.82 Å². The summed E-state index contributed by atoms with van der Waals surface area (Å²) < 4.78 is 39.4. The van der Waals surface area contributed by atoms with Crippen molar-refractivity contribution in [3.05, 3.63) is 59.9 Å². The Morgan fingerprint density at radius 3 is 1.74 bits per heavy atom. The van der Waals surface area contributed by atoms with Crippen molar-refractivity contribution in [3.63, 3.8) is 0 Å². The maximum absolute atomic E-state index is 13.3. The average Bonchev–Trinajstić information content (AvgIpc) is 2.39. The molecule has 19 heavy (non-hydrogen) atoms. The highest BCUT2D eigenvalue weighted by Gasteiger charge is 2.38. The molecular weight excluding hydrogens is 255 g/mol. The van der Waals surface area contributed by atoms with E-state index in [1.54, 1.807) is 0 Å². The van der Waals surface area contributed by atoms with E-state index in [4.69, 9.17) is 0 Å². The number of rotatable bonds is 3. The van der Waals surface area contributed by atoms with Crippen LogP contribution in [0.5, 0.6) is 0 Å². The summed E-state index contributed by atoms with van der Waals surface area (Å²) in [6.45, 7) is 0. The molecular formula is C14H10F3NO. The van der Waals surface area contributed by atoms with Crippen molar-refractivity contribution in [2.45, 2.75) is 5.92 Å². The number of carbonyl (C=O) groups excluding carboxylic acids is 1. The van der Waals surface area contributed by atoms with Crippen molar-refractivity contribution in [2.75, 3.05) is 0 Å². The van der Waals surface area contributed by atoms with Gasteiger partial charge >= 0.3 is 5.92 Å². The minimum atomic E-state index is -3.69. The van der Waals surface area contributed by atoms with Crippen LogP contribution in [-0.4, -0.2) is 5.91 Å². The Morgan fingerprint density at radius 2 is 1.32 bits per heavy atom. The molecule has 98 valence electrons. The van der Waals surface area contributed by atoms with Gasteiger partial charge in [0, 0.05) is 5.56 Å². The Kier molecular flexibility index (Phi) is 3.29. The van der Waals surface area contributed by atoms with Gasteiger partial charge in [0.25, 0.3) is 5.91 Å². The second-order valence-corrected chi connectivity index (χ2v) is 4.02. The number of alkyl halides is 2. The predicted octanol–water partition coefficient (Wildman–Crippen LogP) is 3.07. The van der Waals surface area contributed by atoms with Gasteiger partial charge in [-0.3, -0.25) is 4.79 Å². The van der Waals surface area contributed by atoms with Crippen molar-refractivity contribution in [1.82, 2.24) is 0 Å². The number of benzene rings is 2. The Morgan fingerprint density at radius 1 is 0.895 bits per heavy atom. The molecule has 0 saturated carbocycles. The van der Waals surface area contributed by atoms with Gasteiger partial charge in [0.05, 0.1) is 0 Å². The van der Waals surface area contributed by atoms with Gasteiger partial charge in [0.2, 0.25) is 0 Å². The smallest absolute Gasteiger partial charge is 0.349 e. The molecule has 2 rings (SSSR count). The first-order chi connectivity index (χ1) is 8.91. The first kappa shape index (κ1) is 13.1. The minimum Gasteiger partial charge on any atom is -0.364 e. The van der Waals surface area contributed by atoms with Crippen LogP contribution in [0, 0.1) is 5.82 Å². The van der Waals surface area contributed by atoms with Crippen molar-refractivity contribution >= 4 is 5.91 Å². The zero-order valence-electron chi connectivity index (χ0n) is 9.74. The number of primary amides is 1. The fourth-order valence-electron chi connectivity index (χ4n) is 1.66. The molecule has 0 spiro atoms. The van der Waals surface area contributed by atoms with Gasteiger partial charge in [-0.1, -0.05) is 36.4 Å². The molecule has 0 atom stereocenters. The number of carbonyl (C=O) groups is 1. The van der Waals surface area contributed by atoms with E-state index >= 15 is 0 Å². The van der Waals surface area contributed by atoms with Crippen LogP contribution in [-0.2, 0) is 10.7 Å². The van der Waals surface area contributed by atoms with Gasteiger partial charge in [0.1, 0.15) is 5.82 Å². The highest BCUT2D eigenvalue weighted by Crippen LogP contribution is 2.29. The van der Waals surface area contributed by atoms with Crippen LogP contribution in [0.15, 0.2) is 48.5 Å². The van der Waals surface area contributed by atoms with Crippen LogP contribution in [0.3, 0.4) is 0 Å². The fraction of sp³-hybridized carbons (Fsp3) is 0.0714. The topological polar surface area (TPSA) is 43.1 Å². The molecule has 0 aliphatic carbocycles. The second kappa shape index (κ2) is 4.76. The van der Waals surface area contributed by atoms with Crippen LogP contribution >= 0.6 is 0 Å². The Balaban J connectivity index is 2.33. The number of hydrogen-bond donors (Lipinski definition) is 1. The molecule has 0 fully saturated rings. The molecule has 0 unspecified atom stereocenters. The summed E-state index contributed by atoms with van der Waals surface area (Å²) >= 11 is 0. The quantitative estimate of drug-likeness (QED) is 0.910. The van der Waals surface area contributed by atoms with Crippen LogP contribution in [0.2, 0.25) is 0 Å². The van der Waals surface area contributed by atoms with E-state index < -0.39 is 17.4 Å².